The van der Waals surface area contributed by atoms with Gasteiger partial charge in [-0.1, -0.05) is 13.8 Å². The fraction of sp³-hybridized carbons (Fsp3) is 0.762. The number of ether oxygens (including phenoxy) is 1. The molecule has 0 aromatic rings. The van der Waals surface area contributed by atoms with Crippen molar-refractivity contribution in [1.29, 1.82) is 5.26 Å². The van der Waals surface area contributed by atoms with E-state index in [0.717, 1.165) is 25.7 Å². The minimum atomic E-state index is -0.458. The Morgan fingerprint density at radius 3 is 2.65 bits per heavy atom. The number of fused-ring (bicyclic) bond motifs is 1. The number of hydrogen-bond acceptors (Lipinski definition) is 5. The van der Waals surface area contributed by atoms with Gasteiger partial charge in [0.05, 0.1) is 19.1 Å². The van der Waals surface area contributed by atoms with Crippen molar-refractivity contribution < 1.29 is 19.4 Å². The van der Waals surface area contributed by atoms with Crippen molar-refractivity contribution in [3.8, 4) is 6.07 Å². The van der Waals surface area contributed by atoms with Crippen LogP contribution in [0.2, 0.25) is 0 Å². The molecule has 26 heavy (non-hydrogen) atoms. The van der Waals surface area contributed by atoms with Gasteiger partial charge in [0.2, 0.25) is 0 Å². The van der Waals surface area contributed by atoms with Gasteiger partial charge in [-0.3, -0.25) is 9.59 Å². The number of nitriles is 1. The standard InChI is InChI=1S/C21H29NO4/c1-20-10-7-16(21(2)9-6-13(23)12-18(21)24)14(8-11-22)15(20)4-5-17(20)19(25)26-3/h12,14-17,24H,4-10H2,1-3H3/t14?,15-,16?,17+,20-,21+/m0/s1. The first-order valence-electron chi connectivity index (χ1n) is 9.66. The van der Waals surface area contributed by atoms with Crippen LogP contribution in [-0.2, 0) is 14.3 Å². The number of esters is 1. The van der Waals surface area contributed by atoms with Gasteiger partial charge in [-0.05, 0) is 55.3 Å². The fourth-order valence-corrected chi connectivity index (χ4v) is 6.27. The third kappa shape index (κ3) is 2.74. The van der Waals surface area contributed by atoms with Gasteiger partial charge in [0.1, 0.15) is 5.76 Å². The SMILES string of the molecule is COC(=O)[C@H]1CC[C@H]2C(CC#N)C([C@@]3(C)CCC(=O)C=C3O)CC[C@]12C. The topological polar surface area (TPSA) is 87.4 Å². The lowest BCUT2D eigenvalue weighted by molar-refractivity contribution is -0.152. The molecular weight excluding hydrogens is 330 g/mol. The molecule has 0 heterocycles. The van der Waals surface area contributed by atoms with Crippen molar-refractivity contribution in [2.75, 3.05) is 7.11 Å². The molecular formula is C21H29NO4. The van der Waals surface area contributed by atoms with E-state index in [1.165, 1.54) is 13.2 Å². The lowest BCUT2D eigenvalue weighted by atomic mass is 9.51. The first-order valence-corrected chi connectivity index (χ1v) is 9.66. The van der Waals surface area contributed by atoms with Crippen molar-refractivity contribution in [2.24, 2.45) is 34.5 Å². The van der Waals surface area contributed by atoms with Crippen molar-refractivity contribution in [3.05, 3.63) is 11.8 Å². The number of rotatable bonds is 3. The molecule has 6 atom stereocenters. The quantitative estimate of drug-likeness (QED) is 0.771. The number of ketones is 1. The Hall–Kier alpha value is -1.83. The van der Waals surface area contributed by atoms with E-state index in [1.54, 1.807) is 0 Å². The van der Waals surface area contributed by atoms with Crippen molar-refractivity contribution in [2.45, 2.75) is 58.8 Å². The van der Waals surface area contributed by atoms with E-state index >= 15 is 0 Å². The number of nitrogens with zero attached hydrogens (tertiary/aromatic N) is 1. The van der Waals surface area contributed by atoms with Gasteiger partial charge in [0.25, 0.3) is 0 Å². The number of carbonyl (C=O) groups is 2. The smallest absolute Gasteiger partial charge is 0.309 e. The van der Waals surface area contributed by atoms with E-state index in [9.17, 15) is 20.0 Å². The van der Waals surface area contributed by atoms with E-state index in [2.05, 4.69) is 13.0 Å². The molecule has 0 aromatic heterocycles. The minimum absolute atomic E-state index is 0.0240. The Labute approximate surface area is 155 Å². The van der Waals surface area contributed by atoms with Crippen LogP contribution in [0, 0.1) is 45.8 Å². The summed E-state index contributed by atoms with van der Waals surface area (Å²) >= 11 is 0. The largest absolute Gasteiger partial charge is 0.512 e. The average molecular weight is 359 g/mol. The molecule has 2 saturated carbocycles. The number of methoxy groups -OCH3 is 1. The Morgan fingerprint density at radius 2 is 2.04 bits per heavy atom. The molecule has 0 amide bonds. The molecule has 2 fully saturated rings. The maximum atomic E-state index is 12.3. The van der Waals surface area contributed by atoms with Crippen LogP contribution in [0.15, 0.2) is 11.8 Å². The summed E-state index contributed by atoms with van der Waals surface area (Å²) in [4.78, 5) is 24.0. The molecule has 3 rings (SSSR count). The third-order valence-electron chi connectivity index (χ3n) is 7.84. The van der Waals surface area contributed by atoms with E-state index in [0.29, 0.717) is 19.3 Å². The van der Waals surface area contributed by atoms with Crippen LogP contribution in [0.3, 0.4) is 0 Å². The number of allylic oxidation sites excluding steroid dienone is 2. The highest BCUT2D eigenvalue weighted by Gasteiger charge is 2.59. The number of carbonyl (C=O) groups excluding carboxylic acids is 2. The van der Waals surface area contributed by atoms with Gasteiger partial charge in [-0.25, -0.2) is 0 Å². The van der Waals surface area contributed by atoms with E-state index in [4.69, 9.17) is 4.74 Å². The van der Waals surface area contributed by atoms with Crippen LogP contribution in [0.25, 0.3) is 0 Å². The van der Waals surface area contributed by atoms with Gasteiger partial charge in [0.15, 0.2) is 5.78 Å². The molecule has 3 aliphatic carbocycles. The molecule has 0 aliphatic heterocycles. The van der Waals surface area contributed by atoms with E-state index in [1.807, 2.05) is 6.92 Å². The van der Waals surface area contributed by atoms with Crippen molar-refractivity contribution >= 4 is 11.8 Å². The molecule has 0 radical (unpaired) electrons. The zero-order valence-corrected chi connectivity index (χ0v) is 16.0. The number of aliphatic hydroxyl groups excluding tert-OH is 1. The van der Waals surface area contributed by atoms with Crippen molar-refractivity contribution in [1.82, 2.24) is 0 Å². The lowest BCUT2D eigenvalue weighted by Gasteiger charge is -2.53. The minimum Gasteiger partial charge on any atom is -0.512 e. The van der Waals surface area contributed by atoms with Gasteiger partial charge >= 0.3 is 5.97 Å². The molecule has 0 aromatic carbocycles. The fourth-order valence-electron chi connectivity index (χ4n) is 6.27. The number of hydrogen-bond donors (Lipinski definition) is 1. The zero-order valence-electron chi connectivity index (χ0n) is 16.0. The van der Waals surface area contributed by atoms with Crippen LogP contribution < -0.4 is 0 Å². The highest BCUT2D eigenvalue weighted by atomic mass is 16.5. The highest BCUT2D eigenvalue weighted by molar-refractivity contribution is 5.91. The second-order valence-corrected chi connectivity index (χ2v) is 8.85. The van der Waals surface area contributed by atoms with Gasteiger partial charge < -0.3 is 9.84 Å². The molecule has 3 aliphatic rings. The molecule has 0 saturated heterocycles. The highest BCUT2D eigenvalue weighted by Crippen LogP contribution is 2.63. The monoisotopic (exact) mass is 359 g/mol. The summed E-state index contributed by atoms with van der Waals surface area (Å²) in [5.41, 5.74) is -0.606. The molecule has 2 unspecified atom stereocenters. The molecule has 5 nitrogen and oxygen atoms in total. The first-order chi connectivity index (χ1) is 12.3. The maximum Gasteiger partial charge on any atom is 0.309 e. The summed E-state index contributed by atoms with van der Waals surface area (Å²) < 4.78 is 5.04. The molecule has 0 bridgehead atoms. The Balaban J connectivity index is 1.94. The Bertz CT molecular complexity index is 678. The van der Waals surface area contributed by atoms with Crippen LogP contribution in [0.5, 0.6) is 0 Å². The normalized spacial score (nSPS) is 42.5. The van der Waals surface area contributed by atoms with E-state index < -0.39 is 5.41 Å². The molecule has 0 spiro atoms. The maximum absolute atomic E-state index is 12.3. The molecule has 142 valence electrons. The van der Waals surface area contributed by atoms with Gasteiger partial charge in [-0.15, -0.1) is 0 Å². The van der Waals surface area contributed by atoms with Gasteiger partial charge in [-0.2, -0.15) is 5.26 Å². The second-order valence-electron chi connectivity index (χ2n) is 8.85. The van der Waals surface area contributed by atoms with Crippen LogP contribution in [-0.4, -0.2) is 24.0 Å². The second kappa shape index (κ2) is 6.72. The third-order valence-corrected chi connectivity index (χ3v) is 7.84. The Morgan fingerprint density at radius 1 is 1.31 bits per heavy atom. The summed E-state index contributed by atoms with van der Waals surface area (Å²) in [6.07, 6.45) is 6.35. The van der Waals surface area contributed by atoms with E-state index in [-0.39, 0.29) is 46.6 Å². The summed E-state index contributed by atoms with van der Waals surface area (Å²) in [6.45, 7) is 4.21. The van der Waals surface area contributed by atoms with Crippen molar-refractivity contribution in [3.63, 3.8) is 0 Å². The van der Waals surface area contributed by atoms with Gasteiger partial charge in [0, 0.05) is 24.3 Å². The first kappa shape index (κ1) is 18.9. The predicted octanol–water partition coefficient (Wildman–Crippen LogP) is 3.94. The summed E-state index contributed by atoms with van der Waals surface area (Å²) in [5.74, 6) is 0.457. The molecule has 1 N–H and O–H groups in total. The summed E-state index contributed by atoms with van der Waals surface area (Å²) in [5, 5.41) is 20.1. The lowest BCUT2D eigenvalue weighted by Crippen LogP contribution is -2.49. The average Bonchev–Trinajstić information content (AvgIpc) is 2.96. The predicted molar refractivity (Wildman–Crippen MR) is 95.8 cm³/mol. The van der Waals surface area contributed by atoms with Crippen LogP contribution in [0.4, 0.5) is 0 Å². The molecule has 5 heteroatoms. The summed E-state index contributed by atoms with van der Waals surface area (Å²) in [7, 11) is 1.44. The van der Waals surface area contributed by atoms with Crippen LogP contribution in [0.1, 0.15) is 58.8 Å². The Kier molecular flexibility index (Phi) is 4.90. The zero-order chi connectivity index (χ0) is 19.1. The number of aliphatic hydroxyl groups is 1. The van der Waals surface area contributed by atoms with Crippen LogP contribution >= 0.6 is 0 Å². The summed E-state index contributed by atoms with van der Waals surface area (Å²) in [6, 6.07) is 2.35.